The third-order valence-electron chi connectivity index (χ3n) is 3.80. The highest BCUT2D eigenvalue weighted by Gasteiger charge is 2.27. The Kier molecular flexibility index (Phi) is 6.16. The molecule has 0 bridgehead atoms. The van der Waals surface area contributed by atoms with Crippen LogP contribution in [0, 0.1) is 17.8 Å². The molecule has 4 heteroatoms. The molecule has 1 aliphatic carbocycles. The third-order valence-corrected chi connectivity index (χ3v) is 3.80. The number of carbonyl (C=O) groups is 2. The minimum absolute atomic E-state index is 0.00319. The van der Waals surface area contributed by atoms with Crippen LogP contribution in [0.1, 0.15) is 46.5 Å². The van der Waals surface area contributed by atoms with E-state index in [1.807, 2.05) is 0 Å². The van der Waals surface area contributed by atoms with Crippen molar-refractivity contribution in [3.8, 4) is 0 Å². The average molecular weight is 255 g/mol. The van der Waals surface area contributed by atoms with E-state index in [2.05, 4.69) is 19.2 Å². The topological polar surface area (TPSA) is 55.4 Å². The first-order chi connectivity index (χ1) is 8.54. The van der Waals surface area contributed by atoms with E-state index < -0.39 is 0 Å². The fourth-order valence-corrected chi connectivity index (χ4v) is 2.56. The van der Waals surface area contributed by atoms with Gasteiger partial charge in [-0.25, -0.2) is 0 Å². The largest absolute Gasteiger partial charge is 0.465 e. The van der Waals surface area contributed by atoms with Gasteiger partial charge in [0.05, 0.1) is 6.61 Å². The maximum absolute atomic E-state index is 11.9. The van der Waals surface area contributed by atoms with Gasteiger partial charge in [-0.3, -0.25) is 9.59 Å². The van der Waals surface area contributed by atoms with Gasteiger partial charge in [0.2, 0.25) is 5.91 Å². The molecule has 0 atom stereocenters. The molecule has 4 nitrogen and oxygen atoms in total. The second-order valence-electron chi connectivity index (χ2n) is 5.38. The van der Waals surface area contributed by atoms with Crippen LogP contribution in [-0.2, 0) is 14.3 Å². The Morgan fingerprint density at radius 2 is 1.83 bits per heavy atom. The van der Waals surface area contributed by atoms with Crippen molar-refractivity contribution in [2.45, 2.75) is 46.5 Å². The van der Waals surface area contributed by atoms with Gasteiger partial charge in [-0.1, -0.05) is 13.8 Å². The number of nitrogens with one attached hydrogen (secondary N) is 1. The van der Waals surface area contributed by atoms with Gasteiger partial charge in [-0.2, -0.15) is 0 Å². The first-order valence-electron chi connectivity index (χ1n) is 6.97. The molecule has 0 unspecified atom stereocenters. The molecule has 0 aromatic heterocycles. The van der Waals surface area contributed by atoms with E-state index in [4.69, 9.17) is 4.74 Å². The lowest BCUT2D eigenvalue weighted by atomic mass is 9.77. The van der Waals surface area contributed by atoms with Gasteiger partial charge < -0.3 is 10.1 Å². The molecular formula is C14H25NO3. The number of carbonyl (C=O) groups excluding carboxylic acids is 2. The van der Waals surface area contributed by atoms with Crippen molar-refractivity contribution in [1.82, 2.24) is 5.32 Å². The van der Waals surface area contributed by atoms with Gasteiger partial charge in [0.25, 0.3) is 0 Å². The molecule has 0 aromatic carbocycles. The van der Waals surface area contributed by atoms with Crippen LogP contribution in [0.3, 0.4) is 0 Å². The van der Waals surface area contributed by atoms with E-state index in [1.54, 1.807) is 6.92 Å². The Hall–Kier alpha value is -1.06. The number of esters is 1. The number of amides is 1. The molecule has 0 aromatic rings. The zero-order valence-electron chi connectivity index (χ0n) is 11.7. The van der Waals surface area contributed by atoms with Crippen LogP contribution in [0.25, 0.3) is 0 Å². The van der Waals surface area contributed by atoms with Crippen molar-refractivity contribution < 1.29 is 14.3 Å². The summed E-state index contributed by atoms with van der Waals surface area (Å²) in [5.74, 6) is 1.18. The van der Waals surface area contributed by atoms with Crippen molar-refractivity contribution in [2.24, 2.45) is 17.8 Å². The number of hydrogen-bond acceptors (Lipinski definition) is 3. The van der Waals surface area contributed by atoms with Crippen LogP contribution >= 0.6 is 0 Å². The lowest BCUT2D eigenvalue weighted by Gasteiger charge is -2.30. The smallest absolute Gasteiger partial charge is 0.325 e. The van der Waals surface area contributed by atoms with Crippen molar-refractivity contribution in [2.75, 3.05) is 13.2 Å². The lowest BCUT2D eigenvalue weighted by molar-refractivity contribution is -0.144. The van der Waals surface area contributed by atoms with Gasteiger partial charge >= 0.3 is 5.97 Å². The normalized spacial score (nSPS) is 23.8. The molecule has 1 saturated carbocycles. The maximum Gasteiger partial charge on any atom is 0.325 e. The second-order valence-corrected chi connectivity index (χ2v) is 5.38. The maximum atomic E-state index is 11.9. The molecule has 1 N–H and O–H groups in total. The van der Waals surface area contributed by atoms with Crippen molar-refractivity contribution >= 4 is 11.9 Å². The first kappa shape index (κ1) is 15.0. The molecule has 18 heavy (non-hydrogen) atoms. The quantitative estimate of drug-likeness (QED) is 0.766. The fraction of sp³-hybridized carbons (Fsp3) is 0.857. The van der Waals surface area contributed by atoms with Crippen LogP contribution in [-0.4, -0.2) is 25.0 Å². The molecule has 1 amide bonds. The first-order valence-corrected chi connectivity index (χ1v) is 6.97. The zero-order valence-corrected chi connectivity index (χ0v) is 11.7. The van der Waals surface area contributed by atoms with E-state index in [0.717, 1.165) is 31.6 Å². The Bertz CT molecular complexity index is 281. The van der Waals surface area contributed by atoms with Crippen LogP contribution < -0.4 is 5.32 Å². The zero-order chi connectivity index (χ0) is 13.5. The van der Waals surface area contributed by atoms with Crippen LogP contribution in [0.15, 0.2) is 0 Å². The monoisotopic (exact) mass is 255 g/mol. The summed E-state index contributed by atoms with van der Waals surface area (Å²) in [7, 11) is 0. The molecule has 0 radical (unpaired) electrons. The standard InChI is InChI=1S/C14H25NO3/c1-4-18-13(16)9-15-14(17)12-7-5-11(6-8-12)10(2)3/h10-12H,4-9H2,1-3H3,(H,15,17). The second kappa shape index (κ2) is 7.39. The SMILES string of the molecule is CCOC(=O)CNC(=O)C1CCC(C(C)C)CC1. The van der Waals surface area contributed by atoms with E-state index in [0.29, 0.717) is 12.5 Å². The summed E-state index contributed by atoms with van der Waals surface area (Å²) >= 11 is 0. The van der Waals surface area contributed by atoms with Gasteiger partial charge in [0.1, 0.15) is 6.54 Å². The van der Waals surface area contributed by atoms with Crippen molar-refractivity contribution in [1.29, 1.82) is 0 Å². The molecule has 0 aliphatic heterocycles. The molecule has 0 spiro atoms. The molecule has 0 saturated heterocycles. The molecule has 0 heterocycles. The minimum Gasteiger partial charge on any atom is -0.465 e. The van der Waals surface area contributed by atoms with Crippen molar-refractivity contribution in [3.63, 3.8) is 0 Å². The highest BCUT2D eigenvalue weighted by Crippen LogP contribution is 2.33. The predicted octanol–water partition coefficient (Wildman–Crippen LogP) is 2.13. The summed E-state index contributed by atoms with van der Waals surface area (Å²) in [6.07, 6.45) is 4.12. The van der Waals surface area contributed by atoms with E-state index in [1.165, 1.54) is 0 Å². The molecule has 1 aliphatic rings. The highest BCUT2D eigenvalue weighted by atomic mass is 16.5. The van der Waals surface area contributed by atoms with Gasteiger partial charge in [0, 0.05) is 5.92 Å². The van der Waals surface area contributed by atoms with Gasteiger partial charge in [-0.05, 0) is 44.4 Å². The molecule has 1 rings (SSSR count). The third kappa shape index (κ3) is 4.67. The molecule has 1 fully saturated rings. The average Bonchev–Trinajstić information content (AvgIpc) is 2.36. The summed E-state index contributed by atoms with van der Waals surface area (Å²) in [5, 5.41) is 2.67. The van der Waals surface area contributed by atoms with Crippen LogP contribution in [0.4, 0.5) is 0 Å². The van der Waals surface area contributed by atoms with Gasteiger partial charge in [-0.15, -0.1) is 0 Å². The summed E-state index contributed by atoms with van der Waals surface area (Å²) in [5.41, 5.74) is 0. The van der Waals surface area contributed by atoms with Crippen molar-refractivity contribution in [3.05, 3.63) is 0 Å². The fourth-order valence-electron chi connectivity index (χ4n) is 2.56. The molecule has 104 valence electrons. The predicted molar refractivity (Wildman–Crippen MR) is 69.9 cm³/mol. The Balaban J connectivity index is 2.26. The Labute approximate surface area is 109 Å². The number of hydrogen-bond donors (Lipinski definition) is 1. The minimum atomic E-state index is -0.360. The van der Waals surface area contributed by atoms with E-state index in [-0.39, 0.29) is 24.3 Å². The highest BCUT2D eigenvalue weighted by molar-refractivity contribution is 5.83. The number of rotatable bonds is 5. The molecular weight excluding hydrogens is 230 g/mol. The van der Waals surface area contributed by atoms with E-state index >= 15 is 0 Å². The summed E-state index contributed by atoms with van der Waals surface area (Å²) < 4.78 is 4.77. The van der Waals surface area contributed by atoms with Crippen LogP contribution in [0.5, 0.6) is 0 Å². The Morgan fingerprint density at radius 1 is 1.22 bits per heavy atom. The summed E-state index contributed by atoms with van der Waals surface area (Å²) in [6, 6.07) is 0. The lowest BCUT2D eigenvalue weighted by Crippen LogP contribution is -2.37. The van der Waals surface area contributed by atoms with Crippen LogP contribution in [0.2, 0.25) is 0 Å². The van der Waals surface area contributed by atoms with Gasteiger partial charge in [0.15, 0.2) is 0 Å². The summed E-state index contributed by atoms with van der Waals surface area (Å²) in [4.78, 5) is 23.0. The Morgan fingerprint density at radius 3 is 2.33 bits per heavy atom. The summed E-state index contributed by atoms with van der Waals surface area (Å²) in [6.45, 7) is 6.59. The number of ether oxygens (including phenoxy) is 1. The van der Waals surface area contributed by atoms with E-state index in [9.17, 15) is 9.59 Å².